The Balaban J connectivity index is 1.57. The average Bonchev–Trinajstić information content (AvgIpc) is 2.96. The number of hydrogen-bond acceptors (Lipinski definition) is 4. The van der Waals surface area contributed by atoms with Crippen molar-refractivity contribution in [2.24, 2.45) is 0 Å². The lowest BCUT2D eigenvalue weighted by molar-refractivity contribution is -0.127. The lowest BCUT2D eigenvalue weighted by Crippen LogP contribution is -2.30. The first-order valence-electron chi connectivity index (χ1n) is 8.02. The zero-order valence-corrected chi connectivity index (χ0v) is 14.9. The first-order valence-corrected chi connectivity index (χ1v) is 8.84. The van der Waals surface area contributed by atoms with Crippen molar-refractivity contribution >= 4 is 38.5 Å². The summed E-state index contributed by atoms with van der Waals surface area (Å²) in [4.78, 5) is 28.5. The van der Waals surface area contributed by atoms with Gasteiger partial charge in [-0.2, -0.15) is 0 Å². The fraction of sp³-hybridized carbons (Fsp3) is 0.211. The van der Waals surface area contributed by atoms with Gasteiger partial charge in [-0.1, -0.05) is 47.7 Å². The van der Waals surface area contributed by atoms with Crippen LogP contribution in [-0.4, -0.2) is 16.8 Å². The summed E-state index contributed by atoms with van der Waals surface area (Å²) < 4.78 is 1.01. The zero-order chi connectivity index (χ0) is 17.8. The minimum atomic E-state index is -0.367. The Morgan fingerprint density at radius 1 is 1.12 bits per heavy atom. The van der Waals surface area contributed by atoms with E-state index in [9.17, 15) is 9.59 Å². The quantitative estimate of drug-likeness (QED) is 0.685. The van der Waals surface area contributed by atoms with Gasteiger partial charge in [0.05, 0.1) is 16.3 Å². The summed E-state index contributed by atoms with van der Waals surface area (Å²) in [6.07, 6.45) is -0.230. The van der Waals surface area contributed by atoms with Gasteiger partial charge >= 0.3 is 0 Å². The maximum absolute atomic E-state index is 12.1. The van der Waals surface area contributed by atoms with Gasteiger partial charge in [-0.05, 0) is 37.1 Å². The van der Waals surface area contributed by atoms with E-state index in [4.69, 9.17) is 0 Å². The van der Waals surface area contributed by atoms with Gasteiger partial charge in [-0.15, -0.1) is 0 Å². The second kappa shape index (κ2) is 7.44. The smallest absolute Gasteiger partial charge is 0.235 e. The number of hydrogen-bond donors (Lipinski definition) is 2. The van der Waals surface area contributed by atoms with Gasteiger partial charge in [-0.3, -0.25) is 9.59 Å². The number of amides is 2. The van der Waals surface area contributed by atoms with Crippen LogP contribution in [0.25, 0.3) is 10.2 Å². The number of benzene rings is 2. The molecule has 1 aromatic heterocycles. The Morgan fingerprint density at radius 3 is 2.64 bits per heavy atom. The summed E-state index contributed by atoms with van der Waals surface area (Å²) in [5.41, 5.74) is 2.98. The highest BCUT2D eigenvalue weighted by atomic mass is 32.1. The molecule has 0 spiro atoms. The molecule has 0 aliphatic rings. The molecule has 0 saturated heterocycles. The Hall–Kier alpha value is -2.73. The molecule has 0 radical (unpaired) electrons. The molecular formula is C19H19N3O2S. The van der Waals surface area contributed by atoms with Crippen LogP contribution in [0.2, 0.25) is 0 Å². The van der Waals surface area contributed by atoms with Gasteiger partial charge in [0.15, 0.2) is 5.13 Å². The van der Waals surface area contributed by atoms with Crippen molar-refractivity contribution in [3.8, 4) is 0 Å². The Morgan fingerprint density at radius 2 is 1.88 bits per heavy atom. The highest BCUT2D eigenvalue weighted by Gasteiger charge is 2.15. The number of carbonyl (C=O) groups excluding carboxylic acids is 2. The molecule has 0 aliphatic heterocycles. The van der Waals surface area contributed by atoms with Crippen molar-refractivity contribution in [3.05, 3.63) is 59.7 Å². The predicted molar refractivity (Wildman–Crippen MR) is 101 cm³/mol. The van der Waals surface area contributed by atoms with Crippen molar-refractivity contribution in [1.82, 2.24) is 10.3 Å². The van der Waals surface area contributed by atoms with E-state index in [2.05, 4.69) is 15.6 Å². The molecule has 0 fully saturated rings. The maximum Gasteiger partial charge on any atom is 0.235 e. The van der Waals surface area contributed by atoms with Gasteiger partial charge in [0.1, 0.15) is 6.42 Å². The summed E-state index contributed by atoms with van der Waals surface area (Å²) >= 11 is 1.40. The molecule has 25 heavy (non-hydrogen) atoms. The molecular weight excluding hydrogens is 334 g/mol. The van der Waals surface area contributed by atoms with E-state index in [-0.39, 0.29) is 24.3 Å². The molecule has 0 unspecified atom stereocenters. The van der Waals surface area contributed by atoms with Gasteiger partial charge in [0.25, 0.3) is 0 Å². The molecule has 5 nitrogen and oxygen atoms in total. The third kappa shape index (κ3) is 4.42. The van der Waals surface area contributed by atoms with Crippen molar-refractivity contribution in [2.45, 2.75) is 26.3 Å². The highest BCUT2D eigenvalue weighted by Crippen LogP contribution is 2.26. The third-order valence-corrected chi connectivity index (χ3v) is 4.72. The normalized spacial score (nSPS) is 11.9. The van der Waals surface area contributed by atoms with Crippen LogP contribution in [0.4, 0.5) is 5.13 Å². The van der Waals surface area contributed by atoms with Crippen LogP contribution in [0.15, 0.2) is 48.5 Å². The number of aromatic nitrogens is 1. The molecule has 2 N–H and O–H groups in total. The first-order chi connectivity index (χ1) is 12.0. The summed E-state index contributed by atoms with van der Waals surface area (Å²) in [6.45, 7) is 3.90. The van der Waals surface area contributed by atoms with E-state index in [1.807, 2.05) is 62.4 Å². The number of fused-ring (bicyclic) bond motifs is 1. The van der Waals surface area contributed by atoms with Crippen LogP contribution in [-0.2, 0) is 9.59 Å². The molecule has 6 heteroatoms. The first kappa shape index (κ1) is 17.1. The van der Waals surface area contributed by atoms with Crippen molar-refractivity contribution in [1.29, 1.82) is 0 Å². The molecule has 0 bridgehead atoms. The van der Waals surface area contributed by atoms with E-state index >= 15 is 0 Å². The molecule has 1 heterocycles. The van der Waals surface area contributed by atoms with Gasteiger partial charge in [-0.25, -0.2) is 4.98 Å². The lowest BCUT2D eigenvalue weighted by Gasteiger charge is -2.13. The highest BCUT2D eigenvalue weighted by molar-refractivity contribution is 7.22. The number of anilines is 1. The van der Waals surface area contributed by atoms with Crippen LogP contribution in [0.1, 0.15) is 30.5 Å². The molecule has 3 rings (SSSR count). The van der Waals surface area contributed by atoms with Gasteiger partial charge in [0, 0.05) is 0 Å². The molecule has 0 saturated carbocycles. The Kier molecular flexibility index (Phi) is 5.09. The lowest BCUT2D eigenvalue weighted by atomic mass is 10.1. The number of rotatable bonds is 5. The Labute approximate surface area is 150 Å². The molecule has 0 aliphatic carbocycles. The SMILES string of the molecule is Cc1ccc2nc(NC(=O)CC(=O)N[C@@H](C)c3ccccc3)sc2c1. The van der Waals surface area contributed by atoms with Crippen LogP contribution in [0.5, 0.6) is 0 Å². The summed E-state index contributed by atoms with van der Waals surface area (Å²) in [5, 5.41) is 6.04. The van der Waals surface area contributed by atoms with Crippen molar-refractivity contribution in [2.75, 3.05) is 5.32 Å². The molecule has 1 atom stereocenters. The predicted octanol–water partition coefficient (Wildman–Crippen LogP) is 3.81. The minimum Gasteiger partial charge on any atom is -0.349 e. The fourth-order valence-electron chi connectivity index (χ4n) is 2.51. The number of carbonyl (C=O) groups is 2. The summed E-state index contributed by atoms with van der Waals surface area (Å²) in [6, 6.07) is 15.4. The van der Waals surface area contributed by atoms with E-state index in [1.54, 1.807) is 0 Å². The van der Waals surface area contributed by atoms with Crippen molar-refractivity contribution in [3.63, 3.8) is 0 Å². The molecule has 128 valence electrons. The third-order valence-electron chi connectivity index (χ3n) is 3.79. The minimum absolute atomic E-state index is 0.146. The monoisotopic (exact) mass is 353 g/mol. The average molecular weight is 353 g/mol. The standard InChI is InChI=1S/C19H19N3O2S/c1-12-8-9-15-16(10-12)25-19(21-15)22-18(24)11-17(23)20-13(2)14-6-4-3-5-7-14/h3-10,13H,11H2,1-2H3,(H,20,23)(H,21,22,24)/t13-/m0/s1. The van der Waals surface area contributed by atoms with Gasteiger partial charge < -0.3 is 10.6 Å². The van der Waals surface area contributed by atoms with Crippen LogP contribution in [0, 0.1) is 6.92 Å². The number of nitrogens with zero attached hydrogens (tertiary/aromatic N) is 1. The second-order valence-corrected chi connectivity index (χ2v) is 6.95. The van der Waals surface area contributed by atoms with Crippen molar-refractivity contribution < 1.29 is 9.59 Å². The molecule has 3 aromatic rings. The fourth-order valence-corrected chi connectivity index (χ4v) is 3.49. The van der Waals surface area contributed by atoms with Crippen LogP contribution >= 0.6 is 11.3 Å². The topological polar surface area (TPSA) is 71.1 Å². The number of thiazole rings is 1. The van der Waals surface area contributed by atoms with Crippen LogP contribution < -0.4 is 10.6 Å². The maximum atomic E-state index is 12.1. The van der Waals surface area contributed by atoms with Gasteiger partial charge in [0.2, 0.25) is 11.8 Å². The van der Waals surface area contributed by atoms with Crippen LogP contribution in [0.3, 0.4) is 0 Å². The number of nitrogens with one attached hydrogen (secondary N) is 2. The Bertz CT molecular complexity index is 905. The van der Waals surface area contributed by atoms with E-state index in [0.717, 1.165) is 21.3 Å². The number of aryl methyl sites for hydroxylation is 1. The summed E-state index contributed by atoms with van der Waals surface area (Å²) in [7, 11) is 0. The second-order valence-electron chi connectivity index (χ2n) is 5.92. The zero-order valence-electron chi connectivity index (χ0n) is 14.1. The molecule has 2 amide bonds. The van der Waals surface area contributed by atoms with E-state index in [1.165, 1.54) is 11.3 Å². The molecule has 2 aromatic carbocycles. The van der Waals surface area contributed by atoms with E-state index in [0.29, 0.717) is 5.13 Å². The summed E-state index contributed by atoms with van der Waals surface area (Å²) in [5.74, 6) is -0.681. The largest absolute Gasteiger partial charge is 0.349 e. The van der Waals surface area contributed by atoms with E-state index < -0.39 is 0 Å².